The summed E-state index contributed by atoms with van der Waals surface area (Å²) in [5.41, 5.74) is 3.22. The van der Waals surface area contributed by atoms with Crippen LogP contribution in [-0.4, -0.2) is 24.5 Å². The van der Waals surface area contributed by atoms with Gasteiger partial charge in [0.2, 0.25) is 0 Å². The lowest BCUT2D eigenvalue weighted by Crippen LogP contribution is -1.99. The van der Waals surface area contributed by atoms with E-state index in [9.17, 15) is 0 Å². The van der Waals surface area contributed by atoms with E-state index in [1.165, 1.54) is 5.56 Å². The maximum absolute atomic E-state index is 6.02. The number of nitrogens with zero attached hydrogens (tertiary/aromatic N) is 5. The first-order valence-corrected chi connectivity index (χ1v) is 8.21. The molecule has 2 heterocycles. The molecule has 22 heavy (non-hydrogen) atoms. The van der Waals surface area contributed by atoms with Crippen LogP contribution in [0.3, 0.4) is 0 Å². The molecule has 0 fully saturated rings. The van der Waals surface area contributed by atoms with E-state index in [0.717, 1.165) is 22.4 Å². The summed E-state index contributed by atoms with van der Waals surface area (Å²) in [6.45, 7) is 4.03. The zero-order valence-electron chi connectivity index (χ0n) is 12.6. The quantitative estimate of drug-likeness (QED) is 0.685. The highest BCUT2D eigenvalue weighted by Gasteiger charge is 2.12. The van der Waals surface area contributed by atoms with Crippen LogP contribution in [0.2, 0.25) is 5.15 Å². The summed E-state index contributed by atoms with van der Waals surface area (Å²) in [5, 5.41) is 14.3. The smallest absolute Gasteiger partial charge is 0.196 e. The minimum atomic E-state index is 0.631. The van der Waals surface area contributed by atoms with Gasteiger partial charge in [-0.1, -0.05) is 41.1 Å². The normalized spacial score (nSPS) is 11.1. The minimum absolute atomic E-state index is 0.631. The predicted molar refractivity (Wildman–Crippen MR) is 88.6 cm³/mol. The van der Waals surface area contributed by atoms with Crippen molar-refractivity contribution in [2.24, 2.45) is 7.05 Å². The van der Waals surface area contributed by atoms with E-state index < -0.39 is 0 Å². The van der Waals surface area contributed by atoms with Crippen LogP contribution in [0.15, 0.2) is 35.5 Å². The summed E-state index contributed by atoms with van der Waals surface area (Å²) in [6.07, 6.45) is 0. The van der Waals surface area contributed by atoms with Crippen molar-refractivity contribution in [2.45, 2.75) is 24.8 Å². The molecule has 0 saturated heterocycles. The molecule has 0 N–H and O–H groups in total. The summed E-state index contributed by atoms with van der Waals surface area (Å²) in [7, 11) is 1.83. The molecule has 3 aromatic rings. The fourth-order valence-corrected chi connectivity index (χ4v) is 3.18. The fraction of sp³-hybridized carbons (Fsp3) is 0.267. The van der Waals surface area contributed by atoms with Gasteiger partial charge < -0.3 is 0 Å². The van der Waals surface area contributed by atoms with Gasteiger partial charge in [-0.25, -0.2) is 0 Å². The van der Waals surface area contributed by atoms with Crippen LogP contribution >= 0.6 is 23.4 Å². The molecule has 0 unspecified atom stereocenters. The number of aromatic nitrogens is 5. The van der Waals surface area contributed by atoms with Crippen molar-refractivity contribution < 1.29 is 0 Å². The van der Waals surface area contributed by atoms with Crippen LogP contribution in [0.4, 0.5) is 0 Å². The summed E-state index contributed by atoms with van der Waals surface area (Å²) in [4.78, 5) is 0. The molecule has 3 rings (SSSR count). The minimum Gasteiger partial charge on any atom is -0.274 e. The molecule has 0 amide bonds. The first-order valence-electron chi connectivity index (χ1n) is 6.85. The Labute approximate surface area is 138 Å². The van der Waals surface area contributed by atoms with Crippen molar-refractivity contribution in [3.8, 4) is 5.69 Å². The second-order valence-corrected chi connectivity index (χ2v) is 6.40. The van der Waals surface area contributed by atoms with Crippen LogP contribution in [0.5, 0.6) is 0 Å². The van der Waals surface area contributed by atoms with Crippen LogP contribution in [-0.2, 0) is 12.8 Å². The van der Waals surface area contributed by atoms with Crippen LogP contribution < -0.4 is 0 Å². The average Bonchev–Trinajstić information content (AvgIpc) is 3.01. The maximum Gasteiger partial charge on any atom is 0.196 e. The lowest BCUT2D eigenvalue weighted by Gasteiger charge is -2.08. The van der Waals surface area contributed by atoms with Gasteiger partial charge in [-0.3, -0.25) is 9.25 Å². The fourth-order valence-electron chi connectivity index (χ4n) is 2.14. The Bertz CT molecular complexity index is 771. The lowest BCUT2D eigenvalue weighted by molar-refractivity contribution is 0.755. The number of aryl methyl sites for hydroxylation is 3. The van der Waals surface area contributed by atoms with Gasteiger partial charge in [-0.2, -0.15) is 5.10 Å². The number of hydrogen-bond donors (Lipinski definition) is 0. The Morgan fingerprint density at radius 1 is 1.14 bits per heavy atom. The van der Waals surface area contributed by atoms with Gasteiger partial charge in [-0.05, 0) is 32.0 Å². The number of hydrogen-bond acceptors (Lipinski definition) is 4. The van der Waals surface area contributed by atoms with E-state index in [1.54, 1.807) is 16.4 Å². The molecule has 0 spiro atoms. The molecule has 0 aliphatic carbocycles. The maximum atomic E-state index is 6.02. The van der Waals surface area contributed by atoms with Crippen LogP contribution in [0.25, 0.3) is 5.69 Å². The topological polar surface area (TPSA) is 48.5 Å². The Kier molecular flexibility index (Phi) is 4.22. The van der Waals surface area contributed by atoms with E-state index >= 15 is 0 Å². The molecular weight excluding hydrogens is 318 g/mol. The highest BCUT2D eigenvalue weighted by atomic mass is 35.5. The first-order chi connectivity index (χ1) is 10.5. The van der Waals surface area contributed by atoms with Crippen LogP contribution in [0.1, 0.15) is 17.1 Å². The largest absolute Gasteiger partial charge is 0.274 e. The highest BCUT2D eigenvalue weighted by molar-refractivity contribution is 7.98. The highest BCUT2D eigenvalue weighted by Crippen LogP contribution is 2.25. The third-order valence-electron chi connectivity index (χ3n) is 3.31. The second-order valence-electron chi connectivity index (χ2n) is 5.07. The molecule has 7 heteroatoms. The molecule has 5 nitrogen and oxygen atoms in total. The average molecular weight is 334 g/mol. The Balaban J connectivity index is 1.84. The lowest BCUT2D eigenvalue weighted by atomic mass is 10.2. The molecule has 0 saturated carbocycles. The number of rotatable bonds is 4. The third-order valence-corrected chi connectivity index (χ3v) is 4.63. The summed E-state index contributed by atoms with van der Waals surface area (Å²) >= 11 is 7.61. The molecule has 0 radical (unpaired) electrons. The van der Waals surface area contributed by atoms with E-state index in [-0.39, 0.29) is 0 Å². The van der Waals surface area contributed by atoms with Gasteiger partial charge >= 0.3 is 0 Å². The molecule has 1 aromatic carbocycles. The van der Waals surface area contributed by atoms with Crippen molar-refractivity contribution in [1.82, 2.24) is 24.5 Å². The number of thioether (sulfide) groups is 1. The van der Waals surface area contributed by atoms with Gasteiger partial charge in [0.25, 0.3) is 0 Å². The van der Waals surface area contributed by atoms with Gasteiger partial charge in [-0.15, -0.1) is 10.2 Å². The van der Waals surface area contributed by atoms with Gasteiger partial charge in [0.05, 0.1) is 5.69 Å². The van der Waals surface area contributed by atoms with Crippen molar-refractivity contribution >= 4 is 23.4 Å². The first kappa shape index (κ1) is 15.1. The summed E-state index contributed by atoms with van der Waals surface area (Å²) < 4.78 is 3.71. The van der Waals surface area contributed by atoms with Crippen LogP contribution in [0, 0.1) is 13.8 Å². The van der Waals surface area contributed by atoms with E-state index in [0.29, 0.717) is 10.9 Å². The van der Waals surface area contributed by atoms with Crippen molar-refractivity contribution in [1.29, 1.82) is 0 Å². The summed E-state index contributed by atoms with van der Waals surface area (Å²) in [5.74, 6) is 1.57. The standard InChI is InChI=1S/C15H16ClN5S/c1-10-4-6-13(7-5-10)21-11(2)17-18-15(21)22-9-12-8-14(16)20(3)19-12/h4-8H,9H2,1-3H3. The van der Waals surface area contributed by atoms with Gasteiger partial charge in [0.1, 0.15) is 11.0 Å². The Morgan fingerprint density at radius 2 is 1.86 bits per heavy atom. The molecule has 0 aliphatic heterocycles. The van der Waals surface area contributed by atoms with E-state index in [2.05, 4.69) is 51.1 Å². The van der Waals surface area contributed by atoms with Crippen molar-refractivity contribution in [3.63, 3.8) is 0 Å². The van der Waals surface area contributed by atoms with Gasteiger partial charge in [0.15, 0.2) is 5.16 Å². The zero-order chi connectivity index (χ0) is 15.7. The molecule has 0 atom stereocenters. The molecule has 0 bridgehead atoms. The molecule has 114 valence electrons. The number of halogens is 1. The zero-order valence-corrected chi connectivity index (χ0v) is 14.2. The number of benzene rings is 1. The van der Waals surface area contributed by atoms with Crippen molar-refractivity contribution in [3.05, 3.63) is 52.6 Å². The Morgan fingerprint density at radius 3 is 2.50 bits per heavy atom. The second kappa shape index (κ2) is 6.14. The summed E-state index contributed by atoms with van der Waals surface area (Å²) in [6, 6.07) is 10.2. The third kappa shape index (κ3) is 3.03. The monoisotopic (exact) mass is 333 g/mol. The van der Waals surface area contributed by atoms with Gasteiger partial charge in [0, 0.05) is 18.5 Å². The molecular formula is C15H16ClN5S. The predicted octanol–water partition coefficient (Wildman–Crippen LogP) is 3.56. The molecule has 2 aromatic heterocycles. The SMILES string of the molecule is Cc1ccc(-n2c(C)nnc2SCc2cc(Cl)n(C)n2)cc1. The molecule has 0 aliphatic rings. The van der Waals surface area contributed by atoms with E-state index in [1.807, 2.05) is 20.0 Å². The Hall–Kier alpha value is -1.79. The van der Waals surface area contributed by atoms with E-state index in [4.69, 9.17) is 11.6 Å². The van der Waals surface area contributed by atoms with Crippen molar-refractivity contribution in [2.75, 3.05) is 0 Å².